The SMILES string of the molecule is Cc1ccc(C(c2cc([N+](=O)[O-])ccc2O)N2CCc3c(C#N)cccc32)cc1. The number of hydrogen-bond acceptors (Lipinski definition) is 5. The lowest BCUT2D eigenvalue weighted by molar-refractivity contribution is -0.384. The Morgan fingerprint density at radius 1 is 1.17 bits per heavy atom. The van der Waals surface area contributed by atoms with E-state index < -0.39 is 11.0 Å². The fourth-order valence-electron chi connectivity index (χ4n) is 3.98. The summed E-state index contributed by atoms with van der Waals surface area (Å²) in [7, 11) is 0. The van der Waals surface area contributed by atoms with Gasteiger partial charge in [0.1, 0.15) is 5.75 Å². The Bertz CT molecular complexity index is 1130. The molecule has 0 saturated heterocycles. The standard InChI is InChI=1S/C23H19N3O3/c1-15-5-7-16(8-6-15)23(20-13-18(26(28)29)9-10-22(20)27)25-12-11-19-17(14-24)3-2-4-21(19)25/h2-10,13,23,27H,11-12H2,1H3. The van der Waals surface area contributed by atoms with Crippen LogP contribution in [0.3, 0.4) is 0 Å². The minimum absolute atomic E-state index is 0.00561. The Balaban J connectivity index is 1.91. The van der Waals surface area contributed by atoms with E-state index in [9.17, 15) is 20.5 Å². The van der Waals surface area contributed by atoms with Crippen LogP contribution in [-0.2, 0) is 6.42 Å². The van der Waals surface area contributed by atoms with Crippen LogP contribution in [-0.4, -0.2) is 16.6 Å². The number of nitriles is 1. The van der Waals surface area contributed by atoms with E-state index in [0.717, 1.165) is 22.4 Å². The number of non-ortho nitro benzene ring substituents is 1. The summed E-state index contributed by atoms with van der Waals surface area (Å²) in [6.07, 6.45) is 0.705. The van der Waals surface area contributed by atoms with E-state index in [1.54, 1.807) is 6.07 Å². The van der Waals surface area contributed by atoms with Crippen molar-refractivity contribution in [2.45, 2.75) is 19.4 Å². The van der Waals surface area contributed by atoms with E-state index in [0.29, 0.717) is 24.1 Å². The summed E-state index contributed by atoms with van der Waals surface area (Å²) in [6.45, 7) is 2.64. The average Bonchev–Trinajstić information content (AvgIpc) is 3.14. The smallest absolute Gasteiger partial charge is 0.270 e. The lowest BCUT2D eigenvalue weighted by atomic mass is 9.94. The van der Waals surface area contributed by atoms with Gasteiger partial charge >= 0.3 is 0 Å². The molecule has 1 heterocycles. The molecule has 0 bridgehead atoms. The summed E-state index contributed by atoms with van der Waals surface area (Å²) >= 11 is 0. The molecule has 1 unspecified atom stereocenters. The molecule has 1 aliphatic rings. The summed E-state index contributed by atoms with van der Waals surface area (Å²) in [5, 5.41) is 31.4. The van der Waals surface area contributed by atoms with Gasteiger partial charge in [0, 0.05) is 29.9 Å². The number of anilines is 1. The number of benzene rings is 3. The zero-order chi connectivity index (χ0) is 20.5. The molecular weight excluding hydrogens is 366 g/mol. The molecule has 1 aliphatic heterocycles. The van der Waals surface area contributed by atoms with Crippen molar-refractivity contribution in [1.29, 1.82) is 5.26 Å². The van der Waals surface area contributed by atoms with Gasteiger partial charge in [0.25, 0.3) is 5.69 Å². The minimum Gasteiger partial charge on any atom is -0.508 e. The number of rotatable bonds is 4. The average molecular weight is 385 g/mol. The molecule has 0 radical (unpaired) electrons. The van der Waals surface area contributed by atoms with Crippen molar-refractivity contribution < 1.29 is 10.0 Å². The third-order valence-electron chi connectivity index (χ3n) is 5.41. The molecule has 0 spiro atoms. The number of phenols is 1. The van der Waals surface area contributed by atoms with Crippen LogP contribution in [0.5, 0.6) is 5.75 Å². The topological polar surface area (TPSA) is 90.4 Å². The summed E-state index contributed by atoms with van der Waals surface area (Å²) < 4.78 is 0. The van der Waals surface area contributed by atoms with E-state index in [4.69, 9.17) is 0 Å². The fourth-order valence-corrected chi connectivity index (χ4v) is 3.98. The first-order valence-corrected chi connectivity index (χ1v) is 9.32. The van der Waals surface area contributed by atoms with Crippen LogP contribution in [0.2, 0.25) is 0 Å². The van der Waals surface area contributed by atoms with Crippen LogP contribution in [0.25, 0.3) is 0 Å². The number of nitro groups is 1. The lowest BCUT2D eigenvalue weighted by Crippen LogP contribution is -2.28. The van der Waals surface area contributed by atoms with Gasteiger partial charge in [-0.3, -0.25) is 10.1 Å². The van der Waals surface area contributed by atoms with Gasteiger partial charge in [-0.2, -0.15) is 5.26 Å². The van der Waals surface area contributed by atoms with Gasteiger partial charge < -0.3 is 10.0 Å². The molecule has 3 aromatic rings. The quantitative estimate of drug-likeness (QED) is 0.522. The fraction of sp³-hybridized carbons (Fsp3) is 0.174. The molecule has 4 rings (SSSR count). The van der Waals surface area contributed by atoms with Gasteiger partial charge in [0.2, 0.25) is 0 Å². The molecule has 29 heavy (non-hydrogen) atoms. The van der Waals surface area contributed by atoms with Crippen molar-refractivity contribution in [3.05, 3.63) is 98.6 Å². The maximum atomic E-state index is 11.3. The molecule has 0 aromatic heterocycles. The van der Waals surface area contributed by atoms with Gasteiger partial charge in [0.15, 0.2) is 0 Å². The number of nitro benzene ring substituents is 1. The maximum Gasteiger partial charge on any atom is 0.270 e. The number of phenolic OH excluding ortho intramolecular Hbond substituents is 1. The van der Waals surface area contributed by atoms with Crippen molar-refractivity contribution in [2.24, 2.45) is 0 Å². The molecule has 6 heteroatoms. The number of aromatic hydroxyl groups is 1. The molecule has 1 N–H and O–H groups in total. The van der Waals surface area contributed by atoms with Crippen LogP contribution in [0.4, 0.5) is 11.4 Å². The zero-order valence-electron chi connectivity index (χ0n) is 15.9. The summed E-state index contributed by atoms with van der Waals surface area (Å²) in [4.78, 5) is 13.0. The third-order valence-corrected chi connectivity index (χ3v) is 5.41. The zero-order valence-corrected chi connectivity index (χ0v) is 15.9. The van der Waals surface area contributed by atoms with Crippen LogP contribution in [0, 0.1) is 28.4 Å². The first-order valence-electron chi connectivity index (χ1n) is 9.32. The highest BCUT2D eigenvalue weighted by Gasteiger charge is 2.32. The van der Waals surface area contributed by atoms with Crippen molar-refractivity contribution in [3.8, 4) is 11.8 Å². The normalized spacial score (nSPS) is 13.6. The van der Waals surface area contributed by atoms with Crippen molar-refractivity contribution in [3.63, 3.8) is 0 Å². The second-order valence-electron chi connectivity index (χ2n) is 7.17. The summed E-state index contributed by atoms with van der Waals surface area (Å²) in [6, 6.07) is 19.5. The van der Waals surface area contributed by atoms with Gasteiger partial charge in [-0.05, 0) is 42.7 Å². The molecule has 6 nitrogen and oxygen atoms in total. The summed E-state index contributed by atoms with van der Waals surface area (Å²) in [5.41, 5.74) is 4.94. The van der Waals surface area contributed by atoms with E-state index in [1.807, 2.05) is 43.3 Å². The Kier molecular flexibility index (Phi) is 4.65. The van der Waals surface area contributed by atoms with Gasteiger partial charge in [-0.25, -0.2) is 0 Å². The molecule has 1 atom stereocenters. The molecule has 144 valence electrons. The number of hydrogen-bond donors (Lipinski definition) is 1. The maximum absolute atomic E-state index is 11.3. The molecule has 3 aromatic carbocycles. The number of aryl methyl sites for hydroxylation is 1. The lowest BCUT2D eigenvalue weighted by Gasteiger charge is -2.32. The van der Waals surface area contributed by atoms with Crippen LogP contribution >= 0.6 is 0 Å². The second-order valence-corrected chi connectivity index (χ2v) is 7.17. The van der Waals surface area contributed by atoms with E-state index >= 15 is 0 Å². The molecule has 0 amide bonds. The Morgan fingerprint density at radius 2 is 1.93 bits per heavy atom. The molecule has 0 fully saturated rings. The highest BCUT2D eigenvalue weighted by Crippen LogP contribution is 2.43. The highest BCUT2D eigenvalue weighted by molar-refractivity contribution is 5.67. The molecular formula is C23H19N3O3. The predicted molar refractivity (Wildman–Crippen MR) is 110 cm³/mol. The minimum atomic E-state index is -0.457. The van der Waals surface area contributed by atoms with Gasteiger partial charge in [0.05, 0.1) is 22.6 Å². The van der Waals surface area contributed by atoms with Gasteiger partial charge in [-0.1, -0.05) is 35.9 Å². The summed E-state index contributed by atoms with van der Waals surface area (Å²) in [5.74, 6) is 0.00561. The van der Waals surface area contributed by atoms with Crippen LogP contribution < -0.4 is 4.90 Å². The van der Waals surface area contributed by atoms with E-state index in [1.165, 1.54) is 18.2 Å². The van der Waals surface area contributed by atoms with Crippen LogP contribution in [0.15, 0.2) is 60.7 Å². The monoisotopic (exact) mass is 385 g/mol. The Labute approximate surface area is 168 Å². The first kappa shape index (κ1) is 18.5. The van der Waals surface area contributed by atoms with E-state index in [-0.39, 0.29) is 11.4 Å². The second kappa shape index (κ2) is 7.28. The predicted octanol–water partition coefficient (Wildman–Crippen LogP) is 4.63. The van der Waals surface area contributed by atoms with Crippen molar-refractivity contribution in [2.75, 3.05) is 11.4 Å². The Hall–Kier alpha value is -3.85. The molecule has 0 saturated carbocycles. The number of nitrogens with zero attached hydrogens (tertiary/aromatic N) is 3. The highest BCUT2D eigenvalue weighted by atomic mass is 16.6. The Morgan fingerprint density at radius 3 is 2.62 bits per heavy atom. The largest absolute Gasteiger partial charge is 0.508 e. The third kappa shape index (κ3) is 3.27. The first-order chi connectivity index (χ1) is 14.0. The number of fused-ring (bicyclic) bond motifs is 1. The van der Waals surface area contributed by atoms with Gasteiger partial charge in [-0.15, -0.1) is 0 Å². The van der Waals surface area contributed by atoms with Crippen molar-refractivity contribution >= 4 is 11.4 Å². The van der Waals surface area contributed by atoms with Crippen LogP contribution in [0.1, 0.15) is 33.9 Å². The van der Waals surface area contributed by atoms with Crippen molar-refractivity contribution in [1.82, 2.24) is 0 Å². The van der Waals surface area contributed by atoms with E-state index in [2.05, 4.69) is 11.0 Å². The molecule has 0 aliphatic carbocycles.